The predicted octanol–water partition coefficient (Wildman–Crippen LogP) is 5.80. The average molecular weight is 575 g/mol. The number of anilines is 2. The number of nitrogens with one attached hydrogen (secondary N) is 2. The first kappa shape index (κ1) is 26.0. The molecule has 0 fully saturated rings. The van der Waals surface area contributed by atoms with E-state index in [1.165, 1.54) is 24.5 Å². The summed E-state index contributed by atoms with van der Waals surface area (Å²) in [5, 5.41) is 16.8. The van der Waals surface area contributed by atoms with Crippen molar-refractivity contribution in [1.82, 2.24) is 10.3 Å². The van der Waals surface area contributed by atoms with Gasteiger partial charge in [-0.25, -0.2) is 13.6 Å². The molecule has 6 rings (SSSR count). The van der Waals surface area contributed by atoms with E-state index in [0.29, 0.717) is 21.7 Å². The fourth-order valence-electron chi connectivity index (χ4n) is 5.23. The molecule has 3 N–H and O–H groups in total. The van der Waals surface area contributed by atoms with Crippen LogP contribution < -0.4 is 15.5 Å². The van der Waals surface area contributed by atoms with Gasteiger partial charge in [-0.3, -0.25) is 14.7 Å². The largest absolute Gasteiger partial charge is 0.423 e. The Morgan fingerprint density at radius 3 is 2.60 bits per heavy atom. The monoisotopic (exact) mass is 574 g/mol. The maximum atomic E-state index is 14.2. The number of alkyl halides is 3. The minimum absolute atomic E-state index is 0.0217. The molecule has 13 heteroatoms. The molecule has 2 atom stereocenters. The topological polar surface area (TPSA) is 94.6 Å². The smallest absolute Gasteiger partial charge is 0.375 e. The minimum Gasteiger partial charge on any atom is -0.375 e. The summed E-state index contributed by atoms with van der Waals surface area (Å²) in [6.45, 7) is -1.24. The van der Waals surface area contributed by atoms with Gasteiger partial charge < -0.3 is 15.7 Å². The summed E-state index contributed by atoms with van der Waals surface area (Å²) in [5.41, 5.74) is -4.17. The van der Waals surface area contributed by atoms with E-state index in [2.05, 4.69) is 15.6 Å². The zero-order valence-electron chi connectivity index (χ0n) is 20.0. The van der Waals surface area contributed by atoms with E-state index in [4.69, 9.17) is 11.6 Å². The van der Waals surface area contributed by atoms with Crippen LogP contribution in [0, 0.1) is 11.6 Å². The summed E-state index contributed by atoms with van der Waals surface area (Å²) >= 11 is 6.32. The zero-order valence-corrected chi connectivity index (χ0v) is 20.7. The molecule has 3 aromatic carbocycles. The second-order valence-electron chi connectivity index (χ2n) is 9.42. The Balaban J connectivity index is 1.48. The van der Waals surface area contributed by atoms with Gasteiger partial charge in [-0.05, 0) is 53.9 Å². The van der Waals surface area contributed by atoms with Crippen molar-refractivity contribution in [3.63, 3.8) is 0 Å². The molecular weight excluding hydrogens is 559 g/mol. The van der Waals surface area contributed by atoms with Crippen LogP contribution >= 0.6 is 11.6 Å². The van der Waals surface area contributed by atoms with Crippen LogP contribution in [0.15, 0.2) is 60.9 Å². The van der Waals surface area contributed by atoms with Crippen molar-refractivity contribution in [2.75, 3.05) is 16.8 Å². The van der Waals surface area contributed by atoms with Crippen LogP contribution in [0.3, 0.4) is 0 Å². The molecule has 204 valence electrons. The molecule has 0 aliphatic carbocycles. The number of carbonyl (C=O) groups is 2. The first-order valence-electron chi connectivity index (χ1n) is 11.7. The molecular formula is C27H16ClF5N4O3. The Labute approximate surface area is 227 Å². The van der Waals surface area contributed by atoms with Crippen molar-refractivity contribution in [1.29, 1.82) is 0 Å². The lowest BCUT2D eigenvalue weighted by atomic mass is 9.93. The first-order chi connectivity index (χ1) is 18.9. The lowest BCUT2D eigenvalue weighted by molar-refractivity contribution is -0.258. The number of fused-ring (bicyclic) bond motifs is 4. The number of rotatable bonds is 2. The summed E-state index contributed by atoms with van der Waals surface area (Å²) in [5.74, 6) is -2.23. The van der Waals surface area contributed by atoms with Gasteiger partial charge in [0, 0.05) is 45.2 Å². The Morgan fingerprint density at radius 2 is 1.85 bits per heavy atom. The number of aromatic nitrogens is 1. The van der Waals surface area contributed by atoms with Crippen LogP contribution in [0.2, 0.25) is 5.02 Å². The molecule has 0 saturated heterocycles. The lowest BCUT2D eigenvalue weighted by Crippen LogP contribution is -2.48. The summed E-state index contributed by atoms with van der Waals surface area (Å²) in [6.07, 6.45) is -2.34. The van der Waals surface area contributed by atoms with E-state index in [1.807, 2.05) is 0 Å². The number of hydrogen-bond acceptors (Lipinski definition) is 4. The highest BCUT2D eigenvalue weighted by Crippen LogP contribution is 2.49. The Kier molecular flexibility index (Phi) is 5.75. The minimum atomic E-state index is -5.22. The van der Waals surface area contributed by atoms with Gasteiger partial charge in [-0.1, -0.05) is 11.6 Å². The quantitative estimate of drug-likeness (QED) is 0.264. The number of urea groups is 1. The number of benzene rings is 3. The number of β-amino-alcohol motifs (C(OH)–C–C–N with tert-alkyl or cyclic N) is 1. The van der Waals surface area contributed by atoms with E-state index in [-0.39, 0.29) is 33.1 Å². The van der Waals surface area contributed by atoms with Gasteiger partial charge in [0.1, 0.15) is 11.6 Å². The first-order valence-corrected chi connectivity index (χ1v) is 12.1. The third-order valence-corrected chi connectivity index (χ3v) is 7.43. The van der Waals surface area contributed by atoms with Crippen LogP contribution in [-0.2, 0) is 5.60 Å². The third kappa shape index (κ3) is 3.86. The Hall–Kier alpha value is -4.29. The van der Waals surface area contributed by atoms with Crippen LogP contribution in [-0.4, -0.2) is 34.7 Å². The summed E-state index contributed by atoms with van der Waals surface area (Å²) in [7, 11) is 0. The Morgan fingerprint density at radius 1 is 1.12 bits per heavy atom. The molecule has 0 radical (unpaired) electrons. The van der Waals surface area contributed by atoms with Gasteiger partial charge in [0.25, 0.3) is 5.91 Å². The van der Waals surface area contributed by atoms with Crippen molar-refractivity contribution < 1.29 is 36.6 Å². The summed E-state index contributed by atoms with van der Waals surface area (Å²) in [4.78, 5) is 31.3. The number of amides is 3. The Bertz CT molecular complexity index is 1750. The highest BCUT2D eigenvalue weighted by atomic mass is 35.5. The van der Waals surface area contributed by atoms with Crippen molar-refractivity contribution in [2.24, 2.45) is 0 Å². The molecule has 4 aromatic rings. The molecule has 0 saturated carbocycles. The molecule has 2 aliphatic rings. The fraction of sp³-hybridized carbons (Fsp3) is 0.148. The molecule has 0 bridgehead atoms. The second kappa shape index (κ2) is 8.86. The number of halogens is 6. The molecule has 40 heavy (non-hydrogen) atoms. The highest BCUT2D eigenvalue weighted by molar-refractivity contribution is 6.31. The number of hydrogen-bond donors (Lipinski definition) is 3. The van der Waals surface area contributed by atoms with E-state index in [9.17, 15) is 36.6 Å². The van der Waals surface area contributed by atoms with E-state index in [0.717, 1.165) is 24.3 Å². The van der Waals surface area contributed by atoms with Crippen LogP contribution in [0.25, 0.3) is 10.8 Å². The van der Waals surface area contributed by atoms with Gasteiger partial charge in [0.15, 0.2) is 0 Å². The van der Waals surface area contributed by atoms with Crippen molar-refractivity contribution in [3.05, 3.63) is 99.8 Å². The maximum Gasteiger partial charge on any atom is 0.423 e. The van der Waals surface area contributed by atoms with Gasteiger partial charge in [0.2, 0.25) is 5.60 Å². The fourth-order valence-corrected chi connectivity index (χ4v) is 5.45. The lowest BCUT2D eigenvalue weighted by Gasteiger charge is -2.27. The van der Waals surface area contributed by atoms with Gasteiger partial charge >= 0.3 is 12.2 Å². The van der Waals surface area contributed by atoms with E-state index < -0.39 is 53.5 Å². The predicted molar refractivity (Wildman–Crippen MR) is 135 cm³/mol. The normalized spacial score (nSPS) is 19.9. The third-order valence-electron chi connectivity index (χ3n) is 7.08. The number of pyridine rings is 1. The molecule has 0 spiro atoms. The highest BCUT2D eigenvalue weighted by Gasteiger charge is 2.61. The average Bonchev–Trinajstić information content (AvgIpc) is 3.41. The second-order valence-corrected chi connectivity index (χ2v) is 9.82. The molecule has 2 aliphatic heterocycles. The maximum absolute atomic E-state index is 14.2. The summed E-state index contributed by atoms with van der Waals surface area (Å²) in [6, 6.07) is 6.85. The number of nitrogens with zero attached hydrogens (tertiary/aromatic N) is 2. The van der Waals surface area contributed by atoms with E-state index in [1.54, 1.807) is 6.07 Å². The molecule has 7 nitrogen and oxygen atoms in total. The van der Waals surface area contributed by atoms with Crippen molar-refractivity contribution >= 4 is 45.7 Å². The van der Waals surface area contributed by atoms with Crippen LogP contribution in [0.5, 0.6) is 0 Å². The molecule has 1 aromatic heterocycles. The molecule has 2 unspecified atom stereocenters. The number of carbonyl (C=O) groups excluding carboxylic acids is 2. The SMILES string of the molecule is O=C1NC(c2cc(F)ccc2Cl)c2c(NC(=O)N3CC(O)(C(F)(F)F)c4cc(F)ccc43)cc3ccncc3c21. The van der Waals surface area contributed by atoms with E-state index >= 15 is 0 Å². The van der Waals surface area contributed by atoms with Gasteiger partial charge in [0.05, 0.1) is 23.8 Å². The van der Waals surface area contributed by atoms with Crippen LogP contribution in [0.4, 0.5) is 38.1 Å². The zero-order chi connectivity index (χ0) is 28.6. The van der Waals surface area contributed by atoms with Crippen LogP contribution in [0.1, 0.15) is 33.1 Å². The van der Waals surface area contributed by atoms with Crippen molar-refractivity contribution in [3.8, 4) is 0 Å². The standard InChI is InChI=1S/C27H16ClF5N4O3/c28-18-3-1-13(29)8-15(18)23-22-19(7-12-5-6-34-10-16(12)21(22)24(38)36-23)35-25(39)37-11-26(40,27(31,32)33)17-9-14(30)2-4-20(17)37/h1-10,23,40H,11H2,(H,35,39)(H,36,38). The summed E-state index contributed by atoms with van der Waals surface area (Å²) < 4.78 is 69.8. The molecule has 3 heterocycles. The van der Waals surface area contributed by atoms with Crippen molar-refractivity contribution in [2.45, 2.75) is 17.8 Å². The van der Waals surface area contributed by atoms with Gasteiger partial charge in [-0.15, -0.1) is 0 Å². The van der Waals surface area contributed by atoms with Gasteiger partial charge in [-0.2, -0.15) is 13.2 Å². The number of aliphatic hydroxyl groups is 1. The molecule has 3 amide bonds.